The van der Waals surface area contributed by atoms with Gasteiger partial charge in [0.2, 0.25) is 0 Å². The van der Waals surface area contributed by atoms with E-state index in [4.69, 9.17) is 9.47 Å². The largest absolute Gasteiger partial charge is 0.494 e. The van der Waals surface area contributed by atoms with E-state index in [9.17, 15) is 9.59 Å². The molecule has 2 aromatic rings. The minimum atomic E-state index is -0.441. The second-order valence-corrected chi connectivity index (χ2v) is 5.51. The molecule has 4 heteroatoms. The maximum atomic E-state index is 12.1. The molecule has 0 spiro atoms. The maximum absolute atomic E-state index is 12.1. The van der Waals surface area contributed by atoms with Crippen LogP contribution < -0.4 is 9.47 Å². The van der Waals surface area contributed by atoms with Crippen LogP contribution in [0.5, 0.6) is 11.5 Å². The lowest BCUT2D eigenvalue weighted by Gasteiger charge is -2.07. The van der Waals surface area contributed by atoms with Gasteiger partial charge in [-0.15, -0.1) is 0 Å². The third-order valence-corrected chi connectivity index (χ3v) is 3.58. The molecule has 0 fully saturated rings. The van der Waals surface area contributed by atoms with E-state index in [0.717, 1.165) is 18.5 Å². The van der Waals surface area contributed by atoms with Crippen LogP contribution in [0.2, 0.25) is 0 Å². The van der Waals surface area contributed by atoms with Gasteiger partial charge in [-0.3, -0.25) is 4.79 Å². The monoisotopic (exact) mass is 326 g/mol. The van der Waals surface area contributed by atoms with Crippen LogP contribution in [0.3, 0.4) is 0 Å². The Hall–Kier alpha value is -2.62. The van der Waals surface area contributed by atoms with Crippen molar-refractivity contribution in [2.24, 2.45) is 0 Å². The maximum Gasteiger partial charge on any atom is 0.343 e. The van der Waals surface area contributed by atoms with E-state index in [2.05, 4.69) is 6.92 Å². The fourth-order valence-electron chi connectivity index (χ4n) is 2.19. The molecule has 0 aliphatic heterocycles. The summed E-state index contributed by atoms with van der Waals surface area (Å²) in [6.45, 7) is 2.86. The highest BCUT2D eigenvalue weighted by Gasteiger charge is 2.08. The molecule has 0 saturated heterocycles. The highest BCUT2D eigenvalue weighted by molar-refractivity contribution is 5.91. The van der Waals surface area contributed by atoms with Gasteiger partial charge in [0.05, 0.1) is 12.2 Å². The standard InChI is InChI=1S/C20H22O4/c1-2-3-4-5-14-23-18-12-8-17(9-13-18)20(22)24-19-10-6-16(15-21)7-11-19/h6-13,15H,2-5,14H2,1H3. The van der Waals surface area contributed by atoms with Crippen LogP contribution in [-0.2, 0) is 0 Å². The number of hydrogen-bond acceptors (Lipinski definition) is 4. The zero-order valence-electron chi connectivity index (χ0n) is 13.9. The van der Waals surface area contributed by atoms with Gasteiger partial charge in [0.25, 0.3) is 0 Å². The van der Waals surface area contributed by atoms with Gasteiger partial charge in [-0.25, -0.2) is 4.79 Å². The van der Waals surface area contributed by atoms with Gasteiger partial charge >= 0.3 is 5.97 Å². The number of carbonyl (C=O) groups is 2. The van der Waals surface area contributed by atoms with Crippen LogP contribution in [0.4, 0.5) is 0 Å². The van der Waals surface area contributed by atoms with Crippen molar-refractivity contribution < 1.29 is 19.1 Å². The van der Waals surface area contributed by atoms with Crippen molar-refractivity contribution in [1.82, 2.24) is 0 Å². The van der Waals surface area contributed by atoms with Crippen molar-refractivity contribution in [3.63, 3.8) is 0 Å². The van der Waals surface area contributed by atoms with Crippen LogP contribution in [-0.4, -0.2) is 18.9 Å². The van der Waals surface area contributed by atoms with E-state index >= 15 is 0 Å². The van der Waals surface area contributed by atoms with Crippen LogP contribution in [0.25, 0.3) is 0 Å². The van der Waals surface area contributed by atoms with Crippen molar-refractivity contribution in [1.29, 1.82) is 0 Å². The Kier molecular flexibility index (Phi) is 7.02. The van der Waals surface area contributed by atoms with E-state index < -0.39 is 5.97 Å². The SMILES string of the molecule is CCCCCCOc1ccc(C(=O)Oc2ccc(C=O)cc2)cc1. The average molecular weight is 326 g/mol. The quantitative estimate of drug-likeness (QED) is 0.291. The lowest BCUT2D eigenvalue weighted by Crippen LogP contribution is -2.08. The molecular formula is C20H22O4. The van der Waals surface area contributed by atoms with Crippen molar-refractivity contribution >= 4 is 12.3 Å². The Labute approximate surface area is 142 Å². The summed E-state index contributed by atoms with van der Waals surface area (Å²) >= 11 is 0. The Morgan fingerprint density at radius 1 is 0.917 bits per heavy atom. The Bertz CT molecular complexity index is 644. The van der Waals surface area contributed by atoms with Crippen LogP contribution >= 0.6 is 0 Å². The number of benzene rings is 2. The summed E-state index contributed by atoms with van der Waals surface area (Å²) in [6.07, 6.45) is 5.38. The molecule has 2 rings (SSSR count). The molecule has 126 valence electrons. The number of ether oxygens (including phenoxy) is 2. The van der Waals surface area contributed by atoms with E-state index in [1.54, 1.807) is 48.5 Å². The zero-order valence-corrected chi connectivity index (χ0v) is 13.9. The molecule has 0 atom stereocenters. The number of hydrogen-bond donors (Lipinski definition) is 0. The second kappa shape index (κ2) is 9.50. The molecule has 4 nitrogen and oxygen atoms in total. The minimum Gasteiger partial charge on any atom is -0.494 e. The molecule has 0 N–H and O–H groups in total. The number of esters is 1. The lowest BCUT2D eigenvalue weighted by atomic mass is 10.2. The van der Waals surface area contributed by atoms with Crippen molar-refractivity contribution in [3.05, 3.63) is 59.7 Å². The first-order chi connectivity index (χ1) is 11.7. The highest BCUT2D eigenvalue weighted by atomic mass is 16.5. The number of carbonyl (C=O) groups excluding carboxylic acids is 2. The van der Waals surface area contributed by atoms with Crippen LogP contribution in [0, 0.1) is 0 Å². The summed E-state index contributed by atoms with van der Waals surface area (Å²) in [5, 5.41) is 0. The molecule has 0 amide bonds. The first-order valence-electron chi connectivity index (χ1n) is 8.23. The van der Waals surface area contributed by atoms with Gasteiger partial charge in [-0.1, -0.05) is 26.2 Å². The molecule has 0 saturated carbocycles. The third kappa shape index (κ3) is 5.54. The van der Waals surface area contributed by atoms with Gasteiger partial charge in [-0.05, 0) is 55.0 Å². The molecule has 0 heterocycles. The summed E-state index contributed by atoms with van der Waals surface area (Å²) in [5.41, 5.74) is 0.989. The van der Waals surface area contributed by atoms with Crippen LogP contribution in [0.1, 0.15) is 53.3 Å². The third-order valence-electron chi connectivity index (χ3n) is 3.58. The molecule has 2 aromatic carbocycles. The molecular weight excluding hydrogens is 304 g/mol. The first-order valence-corrected chi connectivity index (χ1v) is 8.23. The molecule has 0 unspecified atom stereocenters. The van der Waals surface area contributed by atoms with E-state index in [1.807, 2.05) is 0 Å². The summed E-state index contributed by atoms with van der Waals surface area (Å²) in [6, 6.07) is 13.3. The molecule has 0 aromatic heterocycles. The van der Waals surface area contributed by atoms with Gasteiger partial charge < -0.3 is 9.47 Å². The second-order valence-electron chi connectivity index (χ2n) is 5.51. The molecule has 0 radical (unpaired) electrons. The fraction of sp³-hybridized carbons (Fsp3) is 0.300. The molecule has 0 aliphatic carbocycles. The average Bonchev–Trinajstić information content (AvgIpc) is 2.62. The summed E-state index contributed by atoms with van der Waals surface area (Å²) in [7, 11) is 0. The van der Waals surface area contributed by atoms with Crippen molar-refractivity contribution in [2.45, 2.75) is 32.6 Å². The molecule has 0 aliphatic rings. The van der Waals surface area contributed by atoms with Gasteiger partial charge in [0, 0.05) is 5.56 Å². The number of unbranched alkanes of at least 4 members (excludes halogenated alkanes) is 3. The normalized spacial score (nSPS) is 10.2. The highest BCUT2D eigenvalue weighted by Crippen LogP contribution is 2.16. The van der Waals surface area contributed by atoms with E-state index in [1.165, 1.54) is 19.3 Å². The molecule has 0 bridgehead atoms. The predicted molar refractivity (Wildman–Crippen MR) is 92.9 cm³/mol. The Morgan fingerprint density at radius 2 is 1.58 bits per heavy atom. The number of rotatable bonds is 9. The van der Waals surface area contributed by atoms with E-state index in [0.29, 0.717) is 23.5 Å². The number of aldehydes is 1. The Balaban J connectivity index is 1.84. The fourth-order valence-corrected chi connectivity index (χ4v) is 2.19. The van der Waals surface area contributed by atoms with Gasteiger partial charge in [-0.2, -0.15) is 0 Å². The summed E-state index contributed by atoms with van der Waals surface area (Å²) in [5.74, 6) is 0.712. The first kappa shape index (κ1) is 17.7. The lowest BCUT2D eigenvalue weighted by molar-refractivity contribution is 0.0734. The van der Waals surface area contributed by atoms with Crippen molar-refractivity contribution in [3.8, 4) is 11.5 Å². The van der Waals surface area contributed by atoms with Gasteiger partial charge in [0.1, 0.15) is 17.8 Å². The van der Waals surface area contributed by atoms with Crippen molar-refractivity contribution in [2.75, 3.05) is 6.61 Å². The smallest absolute Gasteiger partial charge is 0.343 e. The minimum absolute atomic E-state index is 0.404. The Morgan fingerprint density at radius 3 is 2.21 bits per heavy atom. The summed E-state index contributed by atoms with van der Waals surface area (Å²) in [4.78, 5) is 22.7. The zero-order chi connectivity index (χ0) is 17.2. The topological polar surface area (TPSA) is 52.6 Å². The van der Waals surface area contributed by atoms with E-state index in [-0.39, 0.29) is 0 Å². The predicted octanol–water partition coefficient (Wildman–Crippen LogP) is 4.68. The molecule has 24 heavy (non-hydrogen) atoms. The van der Waals surface area contributed by atoms with Gasteiger partial charge in [0.15, 0.2) is 0 Å². The summed E-state index contributed by atoms with van der Waals surface area (Å²) < 4.78 is 10.9. The van der Waals surface area contributed by atoms with Crippen LogP contribution in [0.15, 0.2) is 48.5 Å².